The minimum atomic E-state index is -0.647. The van der Waals surface area contributed by atoms with Crippen LogP contribution in [0.2, 0.25) is 0 Å². The first kappa shape index (κ1) is 12.1. The highest BCUT2D eigenvalue weighted by atomic mass is 35.5. The van der Waals surface area contributed by atoms with Gasteiger partial charge in [-0.25, -0.2) is 0 Å². The van der Waals surface area contributed by atoms with Crippen molar-refractivity contribution in [3.05, 3.63) is 12.2 Å². The largest absolute Gasteiger partial charge is 0.312 e. The zero-order valence-electron chi connectivity index (χ0n) is 7.38. The Hall–Kier alpha value is 0.140. The van der Waals surface area contributed by atoms with Crippen molar-refractivity contribution in [1.29, 1.82) is 0 Å². The molecule has 0 heterocycles. The number of allylic oxidation sites excluding steroid dienone is 1. The molecule has 0 fully saturated rings. The van der Waals surface area contributed by atoms with Gasteiger partial charge in [0.1, 0.15) is 0 Å². The van der Waals surface area contributed by atoms with Crippen LogP contribution in [-0.2, 0) is 10.8 Å². The molecule has 0 aromatic rings. The summed E-state index contributed by atoms with van der Waals surface area (Å²) >= 11 is 5.42. The van der Waals surface area contributed by atoms with E-state index in [-0.39, 0.29) is 0 Å². The first-order chi connectivity index (χ1) is 5.81. The Morgan fingerprint density at radius 3 is 2.83 bits per heavy atom. The molecule has 0 bridgehead atoms. The molecule has 0 saturated carbocycles. The smallest absolute Gasteiger partial charge is 0.0404 e. The average Bonchev–Trinajstić information content (AvgIpc) is 2.10. The summed E-state index contributed by atoms with van der Waals surface area (Å²) in [6.45, 7) is 3.56. The van der Waals surface area contributed by atoms with Crippen LogP contribution in [-0.4, -0.2) is 34.7 Å². The van der Waals surface area contributed by atoms with E-state index in [9.17, 15) is 4.21 Å². The van der Waals surface area contributed by atoms with Crippen molar-refractivity contribution in [2.45, 2.75) is 6.92 Å². The van der Waals surface area contributed by atoms with Gasteiger partial charge in [0.2, 0.25) is 0 Å². The van der Waals surface area contributed by atoms with E-state index in [1.54, 1.807) is 0 Å². The van der Waals surface area contributed by atoms with Gasteiger partial charge in [-0.3, -0.25) is 4.21 Å². The number of rotatable bonds is 7. The number of nitrogens with one attached hydrogen (secondary N) is 1. The molecule has 0 aromatic heterocycles. The Morgan fingerprint density at radius 2 is 2.25 bits per heavy atom. The molecule has 72 valence electrons. The van der Waals surface area contributed by atoms with Gasteiger partial charge in [0.15, 0.2) is 0 Å². The first-order valence-corrected chi connectivity index (χ1v) is 6.10. The number of halogens is 1. The van der Waals surface area contributed by atoms with Gasteiger partial charge in [0.25, 0.3) is 0 Å². The highest BCUT2D eigenvalue weighted by Crippen LogP contribution is 1.80. The Kier molecular flexibility index (Phi) is 9.34. The molecule has 1 unspecified atom stereocenters. The molecule has 0 aromatic carbocycles. The topological polar surface area (TPSA) is 29.1 Å². The molecule has 0 radical (unpaired) electrons. The predicted octanol–water partition coefficient (Wildman–Crippen LogP) is 1.14. The molecule has 0 saturated heterocycles. The number of hydrogen-bond donors (Lipinski definition) is 1. The molecule has 0 aliphatic carbocycles. The number of alkyl halides is 1. The van der Waals surface area contributed by atoms with Gasteiger partial charge in [-0.15, -0.1) is 11.6 Å². The van der Waals surface area contributed by atoms with Crippen LogP contribution in [0.5, 0.6) is 0 Å². The summed E-state index contributed by atoms with van der Waals surface area (Å²) in [4.78, 5) is 0. The molecule has 0 aliphatic rings. The van der Waals surface area contributed by atoms with Crippen molar-refractivity contribution < 1.29 is 4.21 Å². The molecule has 0 aliphatic heterocycles. The van der Waals surface area contributed by atoms with Gasteiger partial charge in [-0.1, -0.05) is 19.1 Å². The van der Waals surface area contributed by atoms with Crippen LogP contribution in [0, 0.1) is 0 Å². The van der Waals surface area contributed by atoms with Crippen LogP contribution in [0.3, 0.4) is 0 Å². The molecule has 1 N–H and O–H groups in total. The highest BCUT2D eigenvalue weighted by molar-refractivity contribution is 7.84. The minimum absolute atomic E-state index is 0.558. The third kappa shape index (κ3) is 8.24. The van der Waals surface area contributed by atoms with Gasteiger partial charge in [0, 0.05) is 41.3 Å². The van der Waals surface area contributed by atoms with E-state index >= 15 is 0 Å². The van der Waals surface area contributed by atoms with Crippen molar-refractivity contribution in [2.75, 3.05) is 30.5 Å². The van der Waals surface area contributed by atoms with Gasteiger partial charge in [-0.2, -0.15) is 0 Å². The zero-order chi connectivity index (χ0) is 9.23. The Bertz CT molecular complexity index is 150. The van der Waals surface area contributed by atoms with Crippen molar-refractivity contribution >= 4 is 22.4 Å². The SMILES string of the molecule is CCS(=O)CCNC/C=C/CCl. The lowest BCUT2D eigenvalue weighted by molar-refractivity contribution is 0.679. The van der Waals surface area contributed by atoms with Gasteiger partial charge < -0.3 is 5.32 Å². The summed E-state index contributed by atoms with van der Waals surface area (Å²) in [5.41, 5.74) is 0. The second-order valence-corrected chi connectivity index (χ2v) is 4.44. The maximum Gasteiger partial charge on any atom is 0.0404 e. The minimum Gasteiger partial charge on any atom is -0.312 e. The fourth-order valence-electron chi connectivity index (χ4n) is 0.662. The van der Waals surface area contributed by atoms with Gasteiger partial charge in [-0.05, 0) is 0 Å². The second-order valence-electron chi connectivity index (χ2n) is 2.26. The van der Waals surface area contributed by atoms with Crippen LogP contribution in [0.1, 0.15) is 6.92 Å². The fraction of sp³-hybridized carbons (Fsp3) is 0.750. The maximum absolute atomic E-state index is 10.9. The molecule has 1 atom stereocenters. The monoisotopic (exact) mass is 209 g/mol. The lowest BCUT2D eigenvalue weighted by Crippen LogP contribution is -2.20. The molecule has 0 spiro atoms. The molecule has 0 rings (SSSR count). The third-order valence-corrected chi connectivity index (χ3v) is 2.83. The van der Waals surface area contributed by atoms with E-state index < -0.39 is 10.8 Å². The Morgan fingerprint density at radius 1 is 1.50 bits per heavy atom. The predicted molar refractivity (Wildman–Crippen MR) is 56.3 cm³/mol. The van der Waals surface area contributed by atoms with Crippen LogP contribution in [0.4, 0.5) is 0 Å². The summed E-state index contributed by atoms with van der Waals surface area (Å²) in [7, 11) is -0.647. The molecule has 0 amide bonds. The van der Waals surface area contributed by atoms with Crippen LogP contribution >= 0.6 is 11.6 Å². The summed E-state index contributed by atoms with van der Waals surface area (Å²) in [5.74, 6) is 2.05. The molecular formula is C8H16ClNOS. The van der Waals surface area contributed by atoms with E-state index in [2.05, 4.69) is 5.32 Å². The Balaban J connectivity index is 3.10. The van der Waals surface area contributed by atoms with Crippen LogP contribution in [0.25, 0.3) is 0 Å². The average molecular weight is 210 g/mol. The Labute approximate surface area is 81.8 Å². The molecule has 12 heavy (non-hydrogen) atoms. The van der Waals surface area contributed by atoms with Gasteiger partial charge >= 0.3 is 0 Å². The standard InChI is InChI=1S/C8H16ClNOS/c1-2-12(11)8-7-10-6-4-3-5-9/h3-4,10H,2,5-8H2,1H3/b4-3+. The van der Waals surface area contributed by atoms with E-state index in [1.807, 2.05) is 19.1 Å². The van der Waals surface area contributed by atoms with Crippen LogP contribution < -0.4 is 5.32 Å². The summed E-state index contributed by atoms with van der Waals surface area (Å²) in [6.07, 6.45) is 3.87. The van der Waals surface area contributed by atoms with Crippen molar-refractivity contribution in [2.24, 2.45) is 0 Å². The van der Waals surface area contributed by atoms with E-state index in [4.69, 9.17) is 11.6 Å². The lowest BCUT2D eigenvalue weighted by Gasteiger charge is -1.99. The highest BCUT2D eigenvalue weighted by Gasteiger charge is 1.92. The van der Waals surface area contributed by atoms with E-state index in [1.165, 1.54) is 0 Å². The molecule has 4 heteroatoms. The third-order valence-electron chi connectivity index (χ3n) is 1.35. The summed E-state index contributed by atoms with van der Waals surface area (Å²) in [6, 6.07) is 0. The lowest BCUT2D eigenvalue weighted by atomic mass is 10.5. The summed E-state index contributed by atoms with van der Waals surface area (Å²) < 4.78 is 10.9. The van der Waals surface area contributed by atoms with E-state index in [0.29, 0.717) is 5.88 Å². The van der Waals surface area contributed by atoms with Crippen molar-refractivity contribution in [3.8, 4) is 0 Å². The molecular weight excluding hydrogens is 194 g/mol. The second kappa shape index (κ2) is 9.23. The van der Waals surface area contributed by atoms with Gasteiger partial charge in [0.05, 0.1) is 0 Å². The first-order valence-electron chi connectivity index (χ1n) is 4.08. The maximum atomic E-state index is 10.9. The fourth-order valence-corrected chi connectivity index (χ4v) is 1.45. The van der Waals surface area contributed by atoms with E-state index in [0.717, 1.165) is 24.6 Å². The summed E-state index contributed by atoms with van der Waals surface area (Å²) in [5, 5.41) is 3.15. The zero-order valence-corrected chi connectivity index (χ0v) is 8.96. The van der Waals surface area contributed by atoms with Crippen molar-refractivity contribution in [3.63, 3.8) is 0 Å². The molecule has 2 nitrogen and oxygen atoms in total. The number of hydrogen-bond acceptors (Lipinski definition) is 2. The quantitative estimate of drug-likeness (QED) is 0.387. The van der Waals surface area contributed by atoms with Crippen molar-refractivity contribution in [1.82, 2.24) is 5.32 Å². The van der Waals surface area contributed by atoms with Crippen LogP contribution in [0.15, 0.2) is 12.2 Å². The normalized spacial score (nSPS) is 13.8.